The lowest BCUT2D eigenvalue weighted by atomic mass is 10.2. The number of hydrogen-bond acceptors (Lipinski definition) is 4. The highest BCUT2D eigenvalue weighted by Crippen LogP contribution is 2.22. The molecule has 0 saturated heterocycles. The monoisotopic (exact) mass is 257 g/mol. The number of amides is 1. The number of carbonyl (C=O) groups excluding carboxylic acids is 1. The summed E-state index contributed by atoms with van der Waals surface area (Å²) in [6, 6.07) is 8.51. The molecule has 2 aromatic rings. The van der Waals surface area contributed by atoms with Crippen LogP contribution < -0.4 is 10.6 Å². The highest BCUT2D eigenvalue weighted by atomic mass is 16.3. The van der Waals surface area contributed by atoms with Gasteiger partial charge in [0.1, 0.15) is 5.75 Å². The molecule has 1 amide bonds. The summed E-state index contributed by atoms with van der Waals surface area (Å²) < 4.78 is 0. The molecule has 3 N–H and O–H groups in total. The molecular formula is C14H15N3O2. The third-order valence-electron chi connectivity index (χ3n) is 2.80. The van der Waals surface area contributed by atoms with Gasteiger partial charge in [0.15, 0.2) is 0 Å². The minimum atomic E-state index is -0.271. The summed E-state index contributed by atoms with van der Waals surface area (Å²) in [7, 11) is 0. The number of nitrogens with two attached hydrogens (primary N) is 1. The molecule has 1 heterocycles. The Labute approximate surface area is 111 Å². The summed E-state index contributed by atoms with van der Waals surface area (Å²) in [5.41, 5.74) is 7.23. The number of hydrogen-bond donors (Lipinski definition) is 2. The largest absolute Gasteiger partial charge is 0.505 e. The number of rotatable bonds is 3. The molecule has 0 bridgehead atoms. The van der Waals surface area contributed by atoms with Gasteiger partial charge < -0.3 is 15.7 Å². The van der Waals surface area contributed by atoms with E-state index in [2.05, 4.69) is 4.98 Å². The van der Waals surface area contributed by atoms with Crippen molar-refractivity contribution in [2.75, 3.05) is 17.2 Å². The smallest absolute Gasteiger partial charge is 0.262 e. The van der Waals surface area contributed by atoms with E-state index in [1.54, 1.807) is 29.2 Å². The van der Waals surface area contributed by atoms with Gasteiger partial charge in [-0.1, -0.05) is 0 Å². The molecule has 0 unspecified atom stereocenters. The molecule has 0 atom stereocenters. The van der Waals surface area contributed by atoms with E-state index in [0.717, 1.165) is 5.69 Å². The fourth-order valence-corrected chi connectivity index (χ4v) is 1.81. The van der Waals surface area contributed by atoms with Crippen molar-refractivity contribution < 1.29 is 9.90 Å². The van der Waals surface area contributed by atoms with Crippen LogP contribution in [0.25, 0.3) is 0 Å². The first kappa shape index (κ1) is 12.9. The first-order chi connectivity index (χ1) is 9.13. The number of aromatic hydroxyl groups is 1. The van der Waals surface area contributed by atoms with Gasteiger partial charge in [0.05, 0.1) is 11.8 Å². The lowest BCUT2D eigenvalue weighted by Gasteiger charge is -2.21. The Bertz CT molecular complexity index is 581. The molecule has 1 aromatic carbocycles. The van der Waals surface area contributed by atoms with Gasteiger partial charge >= 0.3 is 0 Å². The number of benzene rings is 1. The molecule has 19 heavy (non-hydrogen) atoms. The molecule has 1 aromatic heterocycles. The van der Waals surface area contributed by atoms with Gasteiger partial charge in [-0.3, -0.25) is 9.78 Å². The molecule has 2 rings (SSSR count). The molecule has 0 aliphatic heterocycles. The summed E-state index contributed by atoms with van der Waals surface area (Å²) in [6.45, 7) is 2.36. The number of nitrogens with zero attached hydrogens (tertiary/aromatic N) is 2. The predicted molar refractivity (Wildman–Crippen MR) is 74.1 cm³/mol. The topological polar surface area (TPSA) is 79.5 Å². The third kappa shape index (κ3) is 2.65. The van der Waals surface area contributed by atoms with Crippen LogP contribution in [-0.4, -0.2) is 22.5 Å². The predicted octanol–water partition coefficient (Wildman–Crippen LogP) is 2.04. The van der Waals surface area contributed by atoms with Crippen molar-refractivity contribution in [1.82, 2.24) is 4.98 Å². The van der Waals surface area contributed by atoms with Gasteiger partial charge in [-0.2, -0.15) is 0 Å². The van der Waals surface area contributed by atoms with Crippen molar-refractivity contribution in [2.45, 2.75) is 6.92 Å². The summed E-state index contributed by atoms with van der Waals surface area (Å²) in [5, 5.41) is 9.69. The molecule has 0 aliphatic rings. The van der Waals surface area contributed by atoms with Crippen LogP contribution in [0.1, 0.15) is 17.3 Å². The molecular weight excluding hydrogens is 242 g/mol. The fourth-order valence-electron chi connectivity index (χ4n) is 1.81. The van der Waals surface area contributed by atoms with E-state index >= 15 is 0 Å². The van der Waals surface area contributed by atoms with E-state index in [4.69, 9.17) is 5.73 Å². The van der Waals surface area contributed by atoms with Gasteiger partial charge in [-0.15, -0.1) is 0 Å². The molecule has 0 fully saturated rings. The number of aromatic nitrogens is 1. The van der Waals surface area contributed by atoms with E-state index in [9.17, 15) is 9.90 Å². The maximum absolute atomic E-state index is 12.4. The normalized spacial score (nSPS) is 10.2. The number of nitrogen functional groups attached to an aromatic ring is 1. The Hall–Kier alpha value is -2.56. The zero-order chi connectivity index (χ0) is 13.8. The van der Waals surface area contributed by atoms with E-state index in [-0.39, 0.29) is 17.2 Å². The number of anilines is 2. The van der Waals surface area contributed by atoms with Crippen LogP contribution in [0.2, 0.25) is 0 Å². The van der Waals surface area contributed by atoms with Gasteiger partial charge in [-0.25, -0.2) is 0 Å². The highest BCUT2D eigenvalue weighted by Gasteiger charge is 2.18. The summed E-state index contributed by atoms with van der Waals surface area (Å²) >= 11 is 0. The molecule has 0 saturated carbocycles. The van der Waals surface area contributed by atoms with E-state index in [0.29, 0.717) is 12.2 Å². The summed E-state index contributed by atoms with van der Waals surface area (Å²) in [4.78, 5) is 17.7. The van der Waals surface area contributed by atoms with Crippen molar-refractivity contribution in [3.8, 4) is 5.75 Å². The van der Waals surface area contributed by atoms with Crippen LogP contribution in [-0.2, 0) is 0 Å². The van der Waals surface area contributed by atoms with Crippen molar-refractivity contribution in [2.24, 2.45) is 0 Å². The summed E-state index contributed by atoms with van der Waals surface area (Å²) in [6.07, 6.45) is 2.73. The first-order valence-corrected chi connectivity index (χ1v) is 5.94. The third-order valence-corrected chi connectivity index (χ3v) is 2.80. The second-order valence-electron chi connectivity index (χ2n) is 4.03. The van der Waals surface area contributed by atoms with Crippen LogP contribution in [0.5, 0.6) is 5.75 Å². The minimum absolute atomic E-state index is 0.124. The highest BCUT2D eigenvalue weighted by molar-refractivity contribution is 6.07. The molecule has 98 valence electrons. The average molecular weight is 257 g/mol. The van der Waals surface area contributed by atoms with Crippen molar-refractivity contribution >= 4 is 17.3 Å². The average Bonchev–Trinajstić information content (AvgIpc) is 2.42. The van der Waals surface area contributed by atoms with Crippen molar-refractivity contribution in [1.29, 1.82) is 0 Å². The Kier molecular flexibility index (Phi) is 3.66. The standard InChI is InChI=1S/C14H15N3O2/c1-2-17(11-5-3-10(15)4-6-11)14(19)12-7-8-16-9-13(12)18/h3-9,18H,2,15H2,1H3. The minimum Gasteiger partial charge on any atom is -0.505 e. The van der Waals surface area contributed by atoms with Crippen LogP contribution in [0.3, 0.4) is 0 Å². The zero-order valence-electron chi connectivity index (χ0n) is 10.6. The zero-order valence-corrected chi connectivity index (χ0v) is 10.6. The second-order valence-corrected chi connectivity index (χ2v) is 4.03. The second kappa shape index (κ2) is 5.39. The van der Waals surface area contributed by atoms with Crippen LogP contribution in [0, 0.1) is 0 Å². The Morgan fingerprint density at radius 2 is 2.00 bits per heavy atom. The Balaban J connectivity index is 2.35. The van der Waals surface area contributed by atoms with Gasteiger partial charge in [0.2, 0.25) is 0 Å². The molecule has 0 radical (unpaired) electrons. The SMILES string of the molecule is CCN(C(=O)c1ccncc1O)c1ccc(N)cc1. The number of carbonyl (C=O) groups is 1. The Morgan fingerprint density at radius 1 is 1.32 bits per heavy atom. The first-order valence-electron chi connectivity index (χ1n) is 5.94. The van der Waals surface area contributed by atoms with Gasteiger partial charge in [0.25, 0.3) is 5.91 Å². The van der Waals surface area contributed by atoms with Crippen molar-refractivity contribution in [3.63, 3.8) is 0 Å². The summed E-state index contributed by atoms with van der Waals surface area (Å²) in [5.74, 6) is -0.395. The van der Waals surface area contributed by atoms with Gasteiger partial charge in [0, 0.05) is 24.1 Å². The number of pyridine rings is 1. The van der Waals surface area contributed by atoms with E-state index < -0.39 is 0 Å². The van der Waals surface area contributed by atoms with E-state index in [1.807, 2.05) is 6.92 Å². The molecule has 5 nitrogen and oxygen atoms in total. The fraction of sp³-hybridized carbons (Fsp3) is 0.143. The molecule has 5 heteroatoms. The van der Waals surface area contributed by atoms with E-state index in [1.165, 1.54) is 18.5 Å². The maximum Gasteiger partial charge on any atom is 0.262 e. The van der Waals surface area contributed by atoms with Crippen molar-refractivity contribution in [3.05, 3.63) is 48.3 Å². The Morgan fingerprint density at radius 3 is 2.58 bits per heavy atom. The maximum atomic E-state index is 12.4. The lowest BCUT2D eigenvalue weighted by Crippen LogP contribution is -2.30. The quantitative estimate of drug-likeness (QED) is 0.824. The van der Waals surface area contributed by atoms with Gasteiger partial charge in [-0.05, 0) is 37.3 Å². The van der Waals surface area contributed by atoms with Crippen LogP contribution in [0.4, 0.5) is 11.4 Å². The molecule has 0 spiro atoms. The molecule has 0 aliphatic carbocycles. The van der Waals surface area contributed by atoms with Crippen LogP contribution in [0.15, 0.2) is 42.7 Å². The van der Waals surface area contributed by atoms with Crippen LogP contribution >= 0.6 is 0 Å². The lowest BCUT2D eigenvalue weighted by molar-refractivity contribution is 0.0985.